The quantitative estimate of drug-likeness (QED) is 0.880. The van der Waals surface area contributed by atoms with E-state index in [1.165, 1.54) is 6.07 Å². The van der Waals surface area contributed by atoms with Crippen molar-refractivity contribution in [3.8, 4) is 0 Å². The van der Waals surface area contributed by atoms with Gasteiger partial charge in [-0.2, -0.15) is 0 Å². The number of rotatable bonds is 6. The second-order valence-electron chi connectivity index (χ2n) is 5.98. The lowest BCUT2D eigenvalue weighted by Crippen LogP contribution is -2.42. The number of nitrogens with one attached hydrogen (secondary N) is 1. The summed E-state index contributed by atoms with van der Waals surface area (Å²) in [6, 6.07) is 7.46. The maximum absolute atomic E-state index is 13.7. The van der Waals surface area contributed by atoms with E-state index in [1.54, 1.807) is 0 Å². The largest absolute Gasteiger partial charge is 0.465 e. The predicted molar refractivity (Wildman–Crippen MR) is 86.6 cm³/mol. The molecule has 0 aliphatic carbocycles. The van der Waals surface area contributed by atoms with E-state index >= 15 is 0 Å². The van der Waals surface area contributed by atoms with Gasteiger partial charge in [0.1, 0.15) is 23.2 Å². The molecule has 1 fully saturated rings. The van der Waals surface area contributed by atoms with Crippen LogP contribution >= 0.6 is 0 Å². The van der Waals surface area contributed by atoms with E-state index in [0.717, 1.165) is 36.7 Å². The van der Waals surface area contributed by atoms with Crippen LogP contribution in [0.3, 0.4) is 0 Å². The lowest BCUT2D eigenvalue weighted by Gasteiger charge is -2.33. The van der Waals surface area contributed by atoms with Crippen molar-refractivity contribution in [2.24, 2.45) is 0 Å². The SMILES string of the molecule is Cc1ccc(C(CNCc2cc(F)ccc2F)N2CCOCC2)o1. The summed E-state index contributed by atoms with van der Waals surface area (Å²) in [6.07, 6.45) is 0. The molecule has 1 aromatic carbocycles. The molecule has 1 aliphatic heterocycles. The van der Waals surface area contributed by atoms with Crippen molar-refractivity contribution in [1.29, 1.82) is 0 Å². The third kappa shape index (κ3) is 4.20. The molecule has 1 aliphatic rings. The number of ether oxygens (including phenoxy) is 1. The van der Waals surface area contributed by atoms with Gasteiger partial charge >= 0.3 is 0 Å². The zero-order valence-corrected chi connectivity index (χ0v) is 13.7. The summed E-state index contributed by atoms with van der Waals surface area (Å²) < 4.78 is 38.2. The lowest BCUT2D eigenvalue weighted by atomic mass is 10.1. The fourth-order valence-electron chi connectivity index (χ4n) is 2.95. The van der Waals surface area contributed by atoms with E-state index in [9.17, 15) is 8.78 Å². The number of hydrogen-bond acceptors (Lipinski definition) is 4. The van der Waals surface area contributed by atoms with Crippen LogP contribution in [-0.4, -0.2) is 37.7 Å². The van der Waals surface area contributed by atoms with Gasteiger partial charge in [0, 0.05) is 31.7 Å². The zero-order valence-electron chi connectivity index (χ0n) is 13.7. The first kappa shape index (κ1) is 17.1. The molecular weight excluding hydrogens is 314 g/mol. The third-order valence-electron chi connectivity index (χ3n) is 4.24. The standard InChI is InChI=1S/C18H22F2N2O2/c1-13-2-5-18(24-13)17(22-6-8-23-9-7-22)12-21-11-14-10-15(19)3-4-16(14)20/h2-5,10,17,21H,6-9,11-12H2,1H3. The first-order valence-corrected chi connectivity index (χ1v) is 8.16. The second-order valence-corrected chi connectivity index (χ2v) is 5.98. The molecule has 4 nitrogen and oxygen atoms in total. The van der Waals surface area contributed by atoms with Crippen molar-refractivity contribution in [2.45, 2.75) is 19.5 Å². The Bertz CT molecular complexity index is 669. The average Bonchev–Trinajstić information content (AvgIpc) is 3.01. The van der Waals surface area contributed by atoms with E-state index in [1.807, 2.05) is 19.1 Å². The monoisotopic (exact) mass is 336 g/mol. The van der Waals surface area contributed by atoms with Crippen molar-refractivity contribution < 1.29 is 17.9 Å². The highest BCUT2D eigenvalue weighted by Gasteiger charge is 2.24. The first-order valence-electron chi connectivity index (χ1n) is 8.16. The van der Waals surface area contributed by atoms with Gasteiger partial charge in [0.05, 0.1) is 19.3 Å². The van der Waals surface area contributed by atoms with E-state index in [4.69, 9.17) is 9.15 Å². The number of benzene rings is 1. The lowest BCUT2D eigenvalue weighted by molar-refractivity contribution is 0.0115. The van der Waals surface area contributed by atoms with Gasteiger partial charge in [-0.3, -0.25) is 4.90 Å². The van der Waals surface area contributed by atoms with Crippen LogP contribution in [0, 0.1) is 18.6 Å². The Labute approximate surface area is 140 Å². The minimum Gasteiger partial charge on any atom is -0.465 e. The van der Waals surface area contributed by atoms with Crippen LogP contribution in [0.5, 0.6) is 0 Å². The maximum atomic E-state index is 13.7. The topological polar surface area (TPSA) is 37.6 Å². The van der Waals surface area contributed by atoms with E-state index in [0.29, 0.717) is 25.3 Å². The van der Waals surface area contributed by atoms with Crippen molar-refractivity contribution in [3.05, 3.63) is 59.1 Å². The van der Waals surface area contributed by atoms with E-state index in [2.05, 4.69) is 10.2 Å². The molecule has 2 aromatic rings. The van der Waals surface area contributed by atoms with Crippen LogP contribution in [0.4, 0.5) is 8.78 Å². The van der Waals surface area contributed by atoms with E-state index < -0.39 is 11.6 Å². The van der Waals surface area contributed by atoms with Crippen LogP contribution in [0.1, 0.15) is 23.1 Å². The molecule has 0 radical (unpaired) electrons. The molecule has 1 atom stereocenters. The Kier molecular flexibility index (Phi) is 5.60. The molecule has 2 heterocycles. The van der Waals surface area contributed by atoms with E-state index in [-0.39, 0.29) is 12.6 Å². The van der Waals surface area contributed by atoms with Gasteiger partial charge in [-0.25, -0.2) is 8.78 Å². The molecule has 1 saturated heterocycles. The predicted octanol–water partition coefficient (Wildman–Crippen LogP) is 3.03. The molecular formula is C18H22F2N2O2. The third-order valence-corrected chi connectivity index (χ3v) is 4.24. The van der Waals surface area contributed by atoms with Gasteiger partial charge in [-0.15, -0.1) is 0 Å². The maximum Gasteiger partial charge on any atom is 0.127 e. The molecule has 24 heavy (non-hydrogen) atoms. The van der Waals surface area contributed by atoms with Crippen LogP contribution in [0.2, 0.25) is 0 Å². The number of halogens is 2. The van der Waals surface area contributed by atoms with Gasteiger partial charge in [0.25, 0.3) is 0 Å². The van der Waals surface area contributed by atoms with Gasteiger partial charge in [0.2, 0.25) is 0 Å². The Morgan fingerprint density at radius 2 is 1.96 bits per heavy atom. The molecule has 6 heteroatoms. The van der Waals surface area contributed by atoms with Gasteiger partial charge in [-0.05, 0) is 37.3 Å². The summed E-state index contributed by atoms with van der Waals surface area (Å²) in [7, 11) is 0. The normalized spacial score (nSPS) is 17.1. The van der Waals surface area contributed by atoms with Crippen molar-refractivity contribution in [2.75, 3.05) is 32.8 Å². The molecule has 0 amide bonds. The summed E-state index contributed by atoms with van der Waals surface area (Å²) in [5.74, 6) is 0.904. The Balaban J connectivity index is 1.66. The van der Waals surface area contributed by atoms with Crippen LogP contribution < -0.4 is 5.32 Å². The molecule has 130 valence electrons. The molecule has 1 unspecified atom stereocenters. The summed E-state index contributed by atoms with van der Waals surface area (Å²) in [5.41, 5.74) is 0.325. The number of aryl methyl sites for hydroxylation is 1. The van der Waals surface area contributed by atoms with Crippen LogP contribution in [-0.2, 0) is 11.3 Å². The fourth-order valence-corrected chi connectivity index (χ4v) is 2.95. The summed E-state index contributed by atoms with van der Waals surface area (Å²) >= 11 is 0. The number of nitrogens with zero attached hydrogens (tertiary/aromatic N) is 1. The molecule has 0 spiro atoms. The highest BCUT2D eigenvalue weighted by molar-refractivity contribution is 5.18. The Morgan fingerprint density at radius 1 is 1.17 bits per heavy atom. The van der Waals surface area contributed by atoms with Crippen molar-refractivity contribution in [3.63, 3.8) is 0 Å². The first-order chi connectivity index (χ1) is 11.6. The van der Waals surface area contributed by atoms with Crippen LogP contribution in [0.25, 0.3) is 0 Å². The second kappa shape index (κ2) is 7.88. The minimum atomic E-state index is -0.431. The highest BCUT2D eigenvalue weighted by Crippen LogP contribution is 2.23. The summed E-state index contributed by atoms with van der Waals surface area (Å²) in [5, 5.41) is 3.23. The summed E-state index contributed by atoms with van der Waals surface area (Å²) in [4.78, 5) is 2.29. The summed E-state index contributed by atoms with van der Waals surface area (Å²) in [6.45, 7) is 5.78. The van der Waals surface area contributed by atoms with Gasteiger partial charge in [-0.1, -0.05) is 0 Å². The molecule has 1 N–H and O–H groups in total. The number of morpholine rings is 1. The molecule has 0 saturated carbocycles. The smallest absolute Gasteiger partial charge is 0.127 e. The Morgan fingerprint density at radius 3 is 2.67 bits per heavy atom. The van der Waals surface area contributed by atoms with Crippen molar-refractivity contribution in [1.82, 2.24) is 10.2 Å². The molecule has 3 rings (SSSR count). The highest BCUT2D eigenvalue weighted by atomic mass is 19.1. The Hall–Kier alpha value is -1.76. The average molecular weight is 336 g/mol. The fraction of sp³-hybridized carbons (Fsp3) is 0.444. The minimum absolute atomic E-state index is 0.0409. The molecule has 1 aromatic heterocycles. The number of hydrogen-bond donors (Lipinski definition) is 1. The van der Waals surface area contributed by atoms with Crippen molar-refractivity contribution >= 4 is 0 Å². The van der Waals surface area contributed by atoms with Gasteiger partial charge < -0.3 is 14.5 Å². The van der Waals surface area contributed by atoms with Gasteiger partial charge in [0.15, 0.2) is 0 Å². The van der Waals surface area contributed by atoms with Crippen LogP contribution in [0.15, 0.2) is 34.7 Å². The molecule has 0 bridgehead atoms. The number of furan rings is 1. The zero-order chi connectivity index (χ0) is 16.9.